The van der Waals surface area contributed by atoms with Crippen molar-refractivity contribution in [2.75, 3.05) is 31.1 Å². The average molecular weight is 336 g/mol. The van der Waals surface area contributed by atoms with Crippen LogP contribution in [0.25, 0.3) is 0 Å². The van der Waals surface area contributed by atoms with Crippen LogP contribution < -0.4 is 4.90 Å². The molecule has 0 amide bonds. The number of likely N-dealkylation sites (tertiary alicyclic amines) is 1. The highest BCUT2D eigenvalue weighted by Gasteiger charge is 2.18. The molecular formula is C21H28N4. The number of aromatic nitrogens is 2. The van der Waals surface area contributed by atoms with Crippen LogP contribution in [0, 0.1) is 6.92 Å². The number of pyridine rings is 2. The molecule has 4 heterocycles. The van der Waals surface area contributed by atoms with Crippen LogP contribution in [-0.2, 0) is 13.0 Å². The normalized spacial score (nSPS) is 18.6. The second kappa shape index (κ2) is 7.12. The van der Waals surface area contributed by atoms with Crippen LogP contribution >= 0.6 is 0 Å². The molecule has 4 heteroatoms. The lowest BCUT2D eigenvalue weighted by Gasteiger charge is -2.32. The summed E-state index contributed by atoms with van der Waals surface area (Å²) in [6.07, 6.45) is 5.60. The van der Waals surface area contributed by atoms with Gasteiger partial charge in [0.1, 0.15) is 5.82 Å². The first-order valence-electron chi connectivity index (χ1n) is 9.58. The monoisotopic (exact) mass is 336 g/mol. The number of anilines is 1. The lowest BCUT2D eigenvalue weighted by molar-refractivity contribution is 0.172. The summed E-state index contributed by atoms with van der Waals surface area (Å²) in [5.74, 6) is 1.54. The number of aryl methyl sites for hydroxylation is 1. The van der Waals surface area contributed by atoms with Crippen LogP contribution in [-0.4, -0.2) is 41.0 Å². The van der Waals surface area contributed by atoms with Gasteiger partial charge in [-0.05, 0) is 68.6 Å². The van der Waals surface area contributed by atoms with Crippen molar-refractivity contribution < 1.29 is 0 Å². The minimum atomic E-state index is 0.409. The molecule has 1 atom stereocenters. The summed E-state index contributed by atoms with van der Waals surface area (Å²) in [6.45, 7) is 10.2. The highest BCUT2D eigenvalue weighted by molar-refractivity contribution is 5.43. The summed E-state index contributed by atoms with van der Waals surface area (Å²) < 4.78 is 0. The smallest absolute Gasteiger partial charge is 0.128 e. The Morgan fingerprint density at radius 1 is 1.08 bits per heavy atom. The van der Waals surface area contributed by atoms with Gasteiger partial charge in [0.15, 0.2) is 0 Å². The van der Waals surface area contributed by atoms with Gasteiger partial charge in [0.05, 0.1) is 0 Å². The summed E-state index contributed by atoms with van der Waals surface area (Å²) in [6, 6.07) is 8.89. The van der Waals surface area contributed by atoms with Gasteiger partial charge in [-0.25, -0.2) is 4.98 Å². The summed E-state index contributed by atoms with van der Waals surface area (Å²) in [5, 5.41) is 0. The molecule has 0 saturated carbocycles. The third-order valence-electron chi connectivity index (χ3n) is 5.59. The Morgan fingerprint density at radius 2 is 1.88 bits per heavy atom. The van der Waals surface area contributed by atoms with E-state index in [1.807, 2.05) is 6.20 Å². The molecule has 0 radical (unpaired) electrons. The first kappa shape index (κ1) is 16.5. The van der Waals surface area contributed by atoms with Gasteiger partial charge in [0.2, 0.25) is 0 Å². The third kappa shape index (κ3) is 3.69. The minimum Gasteiger partial charge on any atom is -0.356 e. The Bertz CT molecular complexity index is 734. The van der Waals surface area contributed by atoms with Gasteiger partial charge in [-0.15, -0.1) is 0 Å². The predicted molar refractivity (Wildman–Crippen MR) is 102 cm³/mol. The minimum absolute atomic E-state index is 0.409. The van der Waals surface area contributed by atoms with Gasteiger partial charge in [0, 0.05) is 43.1 Å². The maximum absolute atomic E-state index is 4.82. The molecule has 132 valence electrons. The molecule has 2 aliphatic heterocycles. The van der Waals surface area contributed by atoms with Gasteiger partial charge in [-0.2, -0.15) is 0 Å². The molecule has 1 unspecified atom stereocenters. The van der Waals surface area contributed by atoms with E-state index in [9.17, 15) is 0 Å². The number of hydrogen-bond donors (Lipinski definition) is 0. The molecule has 2 aromatic heterocycles. The van der Waals surface area contributed by atoms with E-state index in [0.717, 1.165) is 37.6 Å². The van der Waals surface area contributed by atoms with Gasteiger partial charge < -0.3 is 4.90 Å². The van der Waals surface area contributed by atoms with Gasteiger partial charge in [-0.1, -0.05) is 13.0 Å². The van der Waals surface area contributed by atoms with Crippen LogP contribution in [0.4, 0.5) is 5.82 Å². The van der Waals surface area contributed by atoms with E-state index in [2.05, 4.69) is 52.9 Å². The van der Waals surface area contributed by atoms with Crippen molar-refractivity contribution in [3.05, 3.63) is 53.0 Å². The number of nitrogens with zero attached hydrogens (tertiary/aromatic N) is 4. The third-order valence-corrected chi connectivity index (χ3v) is 5.59. The first-order chi connectivity index (χ1) is 12.2. The summed E-state index contributed by atoms with van der Waals surface area (Å²) in [4.78, 5) is 14.3. The fourth-order valence-electron chi connectivity index (χ4n) is 3.61. The summed E-state index contributed by atoms with van der Waals surface area (Å²) >= 11 is 0. The molecule has 0 N–H and O–H groups in total. The summed E-state index contributed by atoms with van der Waals surface area (Å²) in [7, 11) is 0. The van der Waals surface area contributed by atoms with Crippen LogP contribution in [0.3, 0.4) is 0 Å². The van der Waals surface area contributed by atoms with E-state index in [-0.39, 0.29) is 0 Å². The Balaban J connectivity index is 1.44. The average Bonchev–Trinajstić information content (AvgIpc) is 2.52. The second-order valence-electron chi connectivity index (χ2n) is 7.58. The Kier molecular flexibility index (Phi) is 4.71. The largest absolute Gasteiger partial charge is 0.356 e. The molecule has 0 aromatic carbocycles. The van der Waals surface area contributed by atoms with E-state index in [0.29, 0.717) is 5.92 Å². The zero-order valence-electron chi connectivity index (χ0n) is 15.4. The van der Waals surface area contributed by atoms with Crippen LogP contribution in [0.15, 0.2) is 30.5 Å². The predicted octanol–water partition coefficient (Wildman–Crippen LogP) is 3.55. The fourth-order valence-corrected chi connectivity index (χ4v) is 3.61. The van der Waals surface area contributed by atoms with E-state index < -0.39 is 0 Å². The van der Waals surface area contributed by atoms with E-state index in [1.165, 1.54) is 42.8 Å². The highest BCUT2D eigenvalue weighted by Crippen LogP contribution is 2.25. The van der Waals surface area contributed by atoms with E-state index >= 15 is 0 Å². The SMILES string of the molecule is Cc1nc(N2CCC2)ccc1CC(C)c1cc(CN2CCC2)ccn1. The molecule has 25 heavy (non-hydrogen) atoms. The molecule has 4 nitrogen and oxygen atoms in total. The van der Waals surface area contributed by atoms with Crippen molar-refractivity contribution in [3.63, 3.8) is 0 Å². The molecule has 0 bridgehead atoms. The zero-order chi connectivity index (χ0) is 17.2. The standard InChI is InChI=1S/C21H28N4/c1-16(20-14-18(7-8-22-20)15-24-9-3-10-24)13-19-5-6-21(23-17(19)2)25-11-4-12-25/h5-8,14,16H,3-4,9-13,15H2,1-2H3. The Hall–Kier alpha value is -1.94. The molecule has 2 aromatic rings. The number of rotatable bonds is 6. The molecule has 0 spiro atoms. The quantitative estimate of drug-likeness (QED) is 0.807. The fraction of sp³-hybridized carbons (Fsp3) is 0.524. The maximum Gasteiger partial charge on any atom is 0.128 e. The molecule has 0 aliphatic carbocycles. The van der Waals surface area contributed by atoms with E-state index in [4.69, 9.17) is 4.98 Å². The Labute approximate surface area is 150 Å². The Morgan fingerprint density at radius 3 is 2.52 bits per heavy atom. The lowest BCUT2D eigenvalue weighted by atomic mass is 9.95. The highest BCUT2D eigenvalue weighted by atomic mass is 15.2. The number of hydrogen-bond acceptors (Lipinski definition) is 4. The van der Waals surface area contributed by atoms with Crippen LogP contribution in [0.1, 0.15) is 48.2 Å². The van der Waals surface area contributed by atoms with Gasteiger partial charge >= 0.3 is 0 Å². The molecule has 2 fully saturated rings. The molecular weight excluding hydrogens is 308 g/mol. The van der Waals surface area contributed by atoms with Crippen molar-refractivity contribution in [1.29, 1.82) is 0 Å². The van der Waals surface area contributed by atoms with Gasteiger partial charge in [-0.3, -0.25) is 9.88 Å². The van der Waals surface area contributed by atoms with Crippen LogP contribution in [0.2, 0.25) is 0 Å². The molecule has 4 rings (SSSR count). The van der Waals surface area contributed by atoms with Crippen molar-refractivity contribution in [1.82, 2.24) is 14.9 Å². The molecule has 2 saturated heterocycles. The zero-order valence-corrected chi connectivity index (χ0v) is 15.4. The van der Waals surface area contributed by atoms with Crippen molar-refractivity contribution in [3.8, 4) is 0 Å². The second-order valence-corrected chi connectivity index (χ2v) is 7.58. The van der Waals surface area contributed by atoms with E-state index in [1.54, 1.807) is 0 Å². The van der Waals surface area contributed by atoms with Crippen molar-refractivity contribution in [2.45, 2.75) is 45.6 Å². The topological polar surface area (TPSA) is 32.3 Å². The maximum atomic E-state index is 4.82. The molecule has 2 aliphatic rings. The van der Waals surface area contributed by atoms with Crippen LogP contribution in [0.5, 0.6) is 0 Å². The first-order valence-corrected chi connectivity index (χ1v) is 9.58. The van der Waals surface area contributed by atoms with Crippen molar-refractivity contribution in [2.24, 2.45) is 0 Å². The lowest BCUT2D eigenvalue weighted by Crippen LogP contribution is -2.37. The van der Waals surface area contributed by atoms with Crippen molar-refractivity contribution >= 4 is 5.82 Å². The van der Waals surface area contributed by atoms with Gasteiger partial charge in [0.25, 0.3) is 0 Å². The summed E-state index contributed by atoms with van der Waals surface area (Å²) in [5.41, 5.74) is 5.09.